The van der Waals surface area contributed by atoms with Crippen molar-refractivity contribution >= 4 is 37.6 Å². The lowest BCUT2D eigenvalue weighted by atomic mass is 10.0. The lowest BCUT2D eigenvalue weighted by molar-refractivity contribution is 0.319. The molecule has 17 heavy (non-hydrogen) atoms. The molecule has 2 rings (SSSR count). The first kappa shape index (κ1) is 12.3. The van der Waals surface area contributed by atoms with Crippen molar-refractivity contribution in [1.29, 1.82) is 0 Å². The fourth-order valence-corrected chi connectivity index (χ4v) is 2.03. The van der Waals surface area contributed by atoms with Crippen LogP contribution < -0.4 is 0 Å². The Bertz CT molecular complexity index is 485. The summed E-state index contributed by atoms with van der Waals surface area (Å²) < 4.78 is 1.99. The second-order valence-electron chi connectivity index (χ2n) is 3.46. The van der Waals surface area contributed by atoms with Crippen molar-refractivity contribution in [2.45, 2.75) is 0 Å². The fraction of sp³-hybridized carbons (Fsp3) is 0. The molecule has 0 aliphatic rings. The number of halogens is 2. The van der Waals surface area contributed by atoms with Gasteiger partial charge in [-0.15, -0.1) is 0 Å². The maximum absolute atomic E-state index is 9.14. The highest BCUT2D eigenvalue weighted by atomic mass is 79.9. The zero-order valence-corrected chi connectivity index (χ0v) is 11.9. The predicted molar refractivity (Wildman–Crippen MR) is 75.7 cm³/mol. The number of nitrogens with zero attached hydrogens (tertiary/aromatic N) is 1. The van der Waals surface area contributed by atoms with Crippen LogP contribution >= 0.6 is 31.9 Å². The summed E-state index contributed by atoms with van der Waals surface area (Å²) in [5.41, 5.74) is 2.31. The molecule has 0 unspecified atom stereocenters. The molecule has 86 valence electrons. The Hall–Kier alpha value is -1.13. The maximum Gasteiger partial charge on any atom is 0.117 e. The van der Waals surface area contributed by atoms with Gasteiger partial charge in [0.25, 0.3) is 0 Å². The van der Waals surface area contributed by atoms with Crippen molar-refractivity contribution in [3.63, 3.8) is 0 Å². The quantitative estimate of drug-likeness (QED) is 0.482. The van der Waals surface area contributed by atoms with Gasteiger partial charge in [0.2, 0.25) is 0 Å². The van der Waals surface area contributed by atoms with Gasteiger partial charge in [0.15, 0.2) is 0 Å². The van der Waals surface area contributed by atoms with Crippen LogP contribution in [-0.2, 0) is 0 Å². The van der Waals surface area contributed by atoms with E-state index in [9.17, 15) is 0 Å². The Morgan fingerprint density at radius 2 is 1.12 bits per heavy atom. The average Bonchev–Trinajstić information content (AvgIpc) is 2.35. The minimum absolute atomic E-state index is 0.560. The molecule has 0 saturated heterocycles. The van der Waals surface area contributed by atoms with Crippen LogP contribution in [0.1, 0.15) is 11.1 Å². The predicted octanol–water partition coefficient (Wildman–Crippen LogP) is 4.44. The first-order chi connectivity index (χ1) is 8.20. The van der Waals surface area contributed by atoms with Crippen LogP contribution in [0.2, 0.25) is 0 Å². The monoisotopic (exact) mass is 353 g/mol. The van der Waals surface area contributed by atoms with Gasteiger partial charge in [-0.2, -0.15) is 0 Å². The molecule has 2 aromatic rings. The number of hydrogen-bond donors (Lipinski definition) is 1. The van der Waals surface area contributed by atoms with Crippen LogP contribution in [0.3, 0.4) is 0 Å². The maximum atomic E-state index is 9.14. The lowest BCUT2D eigenvalue weighted by Crippen LogP contribution is -2.02. The molecule has 4 heteroatoms. The summed E-state index contributed by atoms with van der Waals surface area (Å²) >= 11 is 6.75. The number of rotatable bonds is 2. The minimum atomic E-state index is 0.560. The molecule has 0 saturated carbocycles. The van der Waals surface area contributed by atoms with Gasteiger partial charge in [-0.25, -0.2) is 0 Å². The van der Waals surface area contributed by atoms with E-state index in [1.807, 2.05) is 48.5 Å². The van der Waals surface area contributed by atoms with Gasteiger partial charge in [0.1, 0.15) is 5.71 Å². The molecule has 0 aliphatic heterocycles. The van der Waals surface area contributed by atoms with Gasteiger partial charge in [-0.1, -0.05) is 61.3 Å². The third-order valence-electron chi connectivity index (χ3n) is 2.34. The zero-order valence-electron chi connectivity index (χ0n) is 8.77. The van der Waals surface area contributed by atoms with Crippen LogP contribution in [0.15, 0.2) is 62.6 Å². The smallest absolute Gasteiger partial charge is 0.117 e. The van der Waals surface area contributed by atoms with E-state index < -0.39 is 0 Å². The second kappa shape index (κ2) is 5.47. The highest BCUT2D eigenvalue weighted by Crippen LogP contribution is 2.17. The van der Waals surface area contributed by atoms with E-state index in [0.29, 0.717) is 5.71 Å². The van der Waals surface area contributed by atoms with Crippen LogP contribution in [-0.4, -0.2) is 10.9 Å². The van der Waals surface area contributed by atoms with E-state index in [1.54, 1.807) is 0 Å². The highest BCUT2D eigenvalue weighted by Gasteiger charge is 2.07. The Balaban J connectivity index is 2.41. The number of benzene rings is 2. The summed E-state index contributed by atoms with van der Waals surface area (Å²) in [5, 5.41) is 12.5. The van der Waals surface area contributed by atoms with E-state index >= 15 is 0 Å². The first-order valence-corrected chi connectivity index (χ1v) is 6.53. The van der Waals surface area contributed by atoms with Crippen LogP contribution in [0.4, 0.5) is 0 Å². The molecular weight excluding hydrogens is 346 g/mol. The summed E-state index contributed by atoms with van der Waals surface area (Å²) in [6.45, 7) is 0. The Labute approximate surface area is 116 Å². The van der Waals surface area contributed by atoms with Crippen molar-refractivity contribution in [2.24, 2.45) is 5.16 Å². The first-order valence-electron chi connectivity index (χ1n) is 4.94. The molecule has 1 N–H and O–H groups in total. The van der Waals surface area contributed by atoms with E-state index in [1.165, 1.54) is 0 Å². The van der Waals surface area contributed by atoms with Crippen LogP contribution in [0.5, 0.6) is 0 Å². The standard InChI is InChI=1S/C13H9Br2NO/c14-11-5-1-9(2-6-11)13(16-17)10-3-7-12(15)8-4-10/h1-8,17H. The molecule has 0 fully saturated rings. The van der Waals surface area contributed by atoms with Crippen molar-refractivity contribution < 1.29 is 5.21 Å². The van der Waals surface area contributed by atoms with E-state index in [4.69, 9.17) is 5.21 Å². The molecule has 0 heterocycles. The summed E-state index contributed by atoms with van der Waals surface area (Å²) in [6.07, 6.45) is 0. The van der Waals surface area contributed by atoms with Gasteiger partial charge in [0.05, 0.1) is 0 Å². The molecule has 0 amide bonds. The molecule has 2 nitrogen and oxygen atoms in total. The van der Waals surface area contributed by atoms with Crippen LogP contribution in [0, 0.1) is 0 Å². The molecule has 0 spiro atoms. The topological polar surface area (TPSA) is 32.6 Å². The van der Waals surface area contributed by atoms with Crippen molar-refractivity contribution in [1.82, 2.24) is 0 Å². The van der Waals surface area contributed by atoms with E-state index in [2.05, 4.69) is 37.0 Å². The zero-order chi connectivity index (χ0) is 12.3. The van der Waals surface area contributed by atoms with Crippen LogP contribution in [0.25, 0.3) is 0 Å². The third-order valence-corrected chi connectivity index (χ3v) is 3.39. The molecule has 2 aromatic carbocycles. The van der Waals surface area contributed by atoms with Crippen molar-refractivity contribution in [2.75, 3.05) is 0 Å². The third kappa shape index (κ3) is 2.96. The number of hydrogen-bond acceptors (Lipinski definition) is 2. The Morgan fingerprint density at radius 3 is 1.41 bits per heavy atom. The van der Waals surface area contributed by atoms with Gasteiger partial charge in [-0.3, -0.25) is 0 Å². The summed E-state index contributed by atoms with van der Waals surface area (Å²) in [5.74, 6) is 0. The molecule has 0 aliphatic carbocycles. The average molecular weight is 355 g/mol. The second-order valence-corrected chi connectivity index (χ2v) is 5.29. The van der Waals surface area contributed by atoms with Gasteiger partial charge >= 0.3 is 0 Å². The van der Waals surface area contributed by atoms with Crippen molar-refractivity contribution in [3.05, 3.63) is 68.6 Å². The van der Waals surface area contributed by atoms with Gasteiger partial charge in [0, 0.05) is 20.1 Å². The summed E-state index contributed by atoms with van der Waals surface area (Å²) in [6, 6.07) is 15.3. The normalized spacial score (nSPS) is 10.0. The minimum Gasteiger partial charge on any atom is -0.410 e. The molecule has 0 radical (unpaired) electrons. The SMILES string of the molecule is ON=C(c1ccc(Br)cc1)c1ccc(Br)cc1. The Morgan fingerprint density at radius 1 is 0.765 bits per heavy atom. The Kier molecular flexibility index (Phi) is 3.97. The summed E-state index contributed by atoms with van der Waals surface area (Å²) in [4.78, 5) is 0. The lowest BCUT2D eigenvalue weighted by Gasteiger charge is -2.05. The molecule has 0 atom stereocenters. The molecular formula is C13H9Br2NO. The van der Waals surface area contributed by atoms with Gasteiger partial charge in [-0.05, 0) is 24.3 Å². The van der Waals surface area contributed by atoms with E-state index in [-0.39, 0.29) is 0 Å². The van der Waals surface area contributed by atoms with E-state index in [0.717, 1.165) is 20.1 Å². The highest BCUT2D eigenvalue weighted by molar-refractivity contribution is 9.10. The van der Waals surface area contributed by atoms with Crippen molar-refractivity contribution in [3.8, 4) is 0 Å². The molecule has 0 aromatic heterocycles. The number of oxime groups is 1. The summed E-state index contributed by atoms with van der Waals surface area (Å²) in [7, 11) is 0. The largest absolute Gasteiger partial charge is 0.410 e. The fourth-order valence-electron chi connectivity index (χ4n) is 1.50. The van der Waals surface area contributed by atoms with Gasteiger partial charge < -0.3 is 5.21 Å². The molecule has 0 bridgehead atoms.